The molecule has 0 radical (unpaired) electrons. The molecule has 16 nitrogen and oxygen atoms in total. The van der Waals surface area contributed by atoms with Crippen LogP contribution in [0, 0.1) is 6.92 Å². The van der Waals surface area contributed by atoms with E-state index in [1.54, 1.807) is 30.8 Å². The maximum Gasteiger partial charge on any atom is 0.347 e. The monoisotopic (exact) mass is 754 g/mol. The van der Waals surface area contributed by atoms with Gasteiger partial charge in [0.15, 0.2) is 11.4 Å². The highest BCUT2D eigenvalue weighted by atomic mass is 16.6. The number of amides is 2. The lowest BCUT2D eigenvalue weighted by atomic mass is 10.0. The van der Waals surface area contributed by atoms with Crippen LogP contribution in [0.5, 0.6) is 0 Å². The number of hydrogen-bond donors (Lipinski definition) is 1. The van der Waals surface area contributed by atoms with E-state index >= 15 is 0 Å². The van der Waals surface area contributed by atoms with E-state index < -0.39 is 11.9 Å². The Balaban J connectivity index is 1.04. The van der Waals surface area contributed by atoms with Gasteiger partial charge in [-0.3, -0.25) is 28.6 Å². The van der Waals surface area contributed by atoms with Crippen LogP contribution in [0.15, 0.2) is 53.2 Å². The van der Waals surface area contributed by atoms with E-state index in [0.717, 1.165) is 31.4 Å². The Morgan fingerprint density at radius 3 is 2.27 bits per heavy atom. The van der Waals surface area contributed by atoms with Crippen molar-refractivity contribution < 1.29 is 33.4 Å². The zero-order valence-corrected chi connectivity index (χ0v) is 31.4. The Bertz CT molecular complexity index is 2060. The minimum atomic E-state index is -0.768. The van der Waals surface area contributed by atoms with Gasteiger partial charge in [-0.1, -0.05) is 12.8 Å². The van der Waals surface area contributed by atoms with Crippen LogP contribution in [0.25, 0.3) is 11.0 Å². The van der Waals surface area contributed by atoms with E-state index in [1.807, 2.05) is 17.0 Å². The van der Waals surface area contributed by atoms with Crippen LogP contribution in [0.4, 0.5) is 17.5 Å². The number of hydrogen-bond acceptors (Lipinski definition) is 14. The number of imide groups is 1. The van der Waals surface area contributed by atoms with Crippen LogP contribution in [0.3, 0.4) is 0 Å². The zero-order valence-electron chi connectivity index (χ0n) is 31.4. The van der Waals surface area contributed by atoms with E-state index in [-0.39, 0.29) is 59.5 Å². The highest BCUT2D eigenvalue weighted by Crippen LogP contribution is 2.32. The van der Waals surface area contributed by atoms with Gasteiger partial charge in [0.1, 0.15) is 11.5 Å². The number of piperazine rings is 1. The van der Waals surface area contributed by atoms with Gasteiger partial charge in [-0.25, -0.2) is 19.6 Å². The summed E-state index contributed by atoms with van der Waals surface area (Å²) in [7, 11) is 0. The van der Waals surface area contributed by atoms with Crippen LogP contribution in [-0.2, 0) is 28.7 Å². The first-order valence-corrected chi connectivity index (χ1v) is 18.8. The Morgan fingerprint density at radius 1 is 0.909 bits per heavy atom. The molecule has 0 unspecified atom stereocenters. The average molecular weight is 755 g/mol. The van der Waals surface area contributed by atoms with Gasteiger partial charge in [0, 0.05) is 68.7 Å². The Kier molecular flexibility index (Phi) is 12.3. The summed E-state index contributed by atoms with van der Waals surface area (Å²) in [5.74, 6) is -1.64. The fourth-order valence-electron chi connectivity index (χ4n) is 7.20. The van der Waals surface area contributed by atoms with Crippen LogP contribution >= 0.6 is 0 Å². The van der Waals surface area contributed by atoms with Crippen molar-refractivity contribution in [2.75, 3.05) is 56.2 Å². The normalized spacial score (nSPS) is 16.3. The number of carbonyl (C=O) groups excluding carboxylic acids is 5. The molecule has 55 heavy (non-hydrogen) atoms. The molecule has 1 saturated heterocycles. The number of rotatable bonds is 15. The quantitative estimate of drug-likeness (QED) is 0.0450. The van der Waals surface area contributed by atoms with Crippen molar-refractivity contribution in [3.05, 3.63) is 69.9 Å². The third-order valence-electron chi connectivity index (χ3n) is 10.1. The molecule has 2 fully saturated rings. The predicted octanol–water partition coefficient (Wildman–Crippen LogP) is 3.76. The zero-order chi connectivity index (χ0) is 39.1. The van der Waals surface area contributed by atoms with E-state index in [9.17, 15) is 28.8 Å². The van der Waals surface area contributed by atoms with Crippen molar-refractivity contribution in [1.29, 1.82) is 0 Å². The maximum atomic E-state index is 13.5. The summed E-state index contributed by atoms with van der Waals surface area (Å²) >= 11 is 0. The van der Waals surface area contributed by atoms with Gasteiger partial charge in [0.2, 0.25) is 5.95 Å². The van der Waals surface area contributed by atoms with Gasteiger partial charge < -0.3 is 24.6 Å². The third kappa shape index (κ3) is 8.90. The average Bonchev–Trinajstić information content (AvgIpc) is 3.81. The maximum absolute atomic E-state index is 13.5. The predicted molar refractivity (Wildman–Crippen MR) is 203 cm³/mol. The third-order valence-corrected chi connectivity index (χ3v) is 10.1. The molecule has 1 saturated carbocycles. The van der Waals surface area contributed by atoms with Gasteiger partial charge in [0.25, 0.3) is 17.4 Å². The number of fused-ring (bicyclic) bond motifs is 1. The van der Waals surface area contributed by atoms with E-state index in [0.29, 0.717) is 74.4 Å². The van der Waals surface area contributed by atoms with Gasteiger partial charge in [-0.2, -0.15) is 4.98 Å². The molecule has 3 aromatic heterocycles. The van der Waals surface area contributed by atoms with E-state index in [4.69, 9.17) is 14.5 Å². The number of ketones is 1. The van der Waals surface area contributed by atoms with Crippen LogP contribution in [0.2, 0.25) is 0 Å². The van der Waals surface area contributed by atoms with Gasteiger partial charge in [-0.15, -0.1) is 0 Å². The molecule has 0 spiro atoms. The molecule has 5 heterocycles. The number of pyridine rings is 2. The van der Waals surface area contributed by atoms with Gasteiger partial charge in [-0.05, 0) is 70.6 Å². The molecule has 0 aromatic carbocycles. The fraction of sp³-hybridized carbons (Fsp3) is 0.462. The standard InChI is InChI=1S/C39H46N8O8/c1-4-54-37(52)30(38(53)55-21-9-5-8-16-46-32(49)14-15-33(46)50)24-44-17-19-45(20-18-44)28-12-13-31(40-22-28)42-39-41-23-29-25(2)34(26(3)48)36(51)47(35(29)43-39)27-10-6-7-11-27/h12-15,22-24,27H,4-11,16-21H2,1-3H3,(H,40,41,42,43)/b30-24-. The Hall–Kier alpha value is -5.93. The highest BCUT2D eigenvalue weighted by molar-refractivity contribution is 6.14. The summed E-state index contributed by atoms with van der Waals surface area (Å²) in [4.78, 5) is 94.0. The Labute approximate surface area is 318 Å². The second-order valence-electron chi connectivity index (χ2n) is 13.8. The van der Waals surface area contributed by atoms with E-state index in [1.165, 1.54) is 30.2 Å². The number of esters is 2. The van der Waals surface area contributed by atoms with Crippen molar-refractivity contribution in [3.8, 4) is 0 Å². The first kappa shape index (κ1) is 38.8. The van der Waals surface area contributed by atoms with Crippen molar-refractivity contribution in [2.45, 2.75) is 71.8 Å². The lowest BCUT2D eigenvalue weighted by Gasteiger charge is -2.35. The SMILES string of the molecule is CCOC(=O)/C(=C/N1CCN(c2ccc(Nc3ncc4c(C)c(C(C)=O)c(=O)n(C5CCCC5)c4n3)nc2)CC1)C(=O)OCCCCCN1C(=O)C=CC1=O. The fourth-order valence-corrected chi connectivity index (χ4v) is 7.20. The second-order valence-corrected chi connectivity index (χ2v) is 13.8. The second kappa shape index (κ2) is 17.5. The van der Waals surface area contributed by atoms with Crippen molar-refractivity contribution >= 4 is 58.0 Å². The minimum absolute atomic E-state index is 0.0238. The lowest BCUT2D eigenvalue weighted by Crippen LogP contribution is -2.44. The number of aryl methyl sites for hydroxylation is 1. The summed E-state index contributed by atoms with van der Waals surface area (Å²) in [5, 5.41) is 3.82. The largest absolute Gasteiger partial charge is 0.462 e. The molecule has 16 heteroatoms. The molecule has 290 valence electrons. The smallest absolute Gasteiger partial charge is 0.347 e. The van der Waals surface area contributed by atoms with Crippen molar-refractivity contribution in [2.24, 2.45) is 0 Å². The van der Waals surface area contributed by atoms with Crippen molar-refractivity contribution in [3.63, 3.8) is 0 Å². The minimum Gasteiger partial charge on any atom is -0.462 e. The topological polar surface area (TPSA) is 186 Å². The van der Waals surface area contributed by atoms with Crippen LogP contribution < -0.4 is 15.8 Å². The summed E-state index contributed by atoms with van der Waals surface area (Å²) in [5.41, 5.74) is 1.66. The summed E-state index contributed by atoms with van der Waals surface area (Å²) in [6, 6.07) is 3.73. The van der Waals surface area contributed by atoms with E-state index in [2.05, 4.69) is 20.2 Å². The first-order chi connectivity index (χ1) is 26.5. The molecule has 2 amide bonds. The molecule has 0 bridgehead atoms. The van der Waals surface area contributed by atoms with Gasteiger partial charge in [0.05, 0.1) is 30.7 Å². The van der Waals surface area contributed by atoms with Crippen LogP contribution in [0.1, 0.15) is 80.8 Å². The van der Waals surface area contributed by atoms with Crippen LogP contribution in [-0.4, -0.2) is 105 Å². The molecule has 2 aliphatic heterocycles. The molecule has 3 aromatic rings. The molecule has 3 aliphatic rings. The Morgan fingerprint density at radius 2 is 1.62 bits per heavy atom. The summed E-state index contributed by atoms with van der Waals surface area (Å²) in [6.07, 6.45) is 12.8. The lowest BCUT2D eigenvalue weighted by molar-refractivity contribution is -0.147. The molecule has 1 aliphatic carbocycles. The number of nitrogens with one attached hydrogen (secondary N) is 1. The number of ether oxygens (including phenoxy) is 2. The van der Waals surface area contributed by atoms with Gasteiger partial charge >= 0.3 is 11.9 Å². The summed E-state index contributed by atoms with van der Waals surface area (Å²) < 4.78 is 12.2. The number of nitrogens with zero attached hydrogens (tertiary/aromatic N) is 7. The number of aromatic nitrogens is 4. The number of carbonyl (C=O) groups is 5. The number of unbranched alkanes of at least 4 members (excludes halogenated alkanes) is 2. The molecule has 1 N–H and O–H groups in total. The van der Waals surface area contributed by atoms with Crippen molar-refractivity contribution in [1.82, 2.24) is 29.3 Å². The molecular formula is C39H46N8O8. The number of Topliss-reactive ketones (excluding diaryl/α,β-unsaturated/α-hetero) is 1. The number of anilines is 3. The molecule has 6 rings (SSSR count). The first-order valence-electron chi connectivity index (χ1n) is 18.8. The highest BCUT2D eigenvalue weighted by Gasteiger charge is 2.27. The summed E-state index contributed by atoms with van der Waals surface area (Å²) in [6.45, 7) is 7.57. The molecular weight excluding hydrogens is 708 g/mol. The molecule has 0 atom stereocenters.